The Hall–Kier alpha value is -2.29. The SMILES string of the molecule is CC(C)(C)c1cc(O)c(C(C)(C)C)c(C(C)(C)C)c1C(=O)c1c(C(C)(C)C)cc(O)c(C(C)(C)C)c1C(C)(C)C. The fourth-order valence-electron chi connectivity index (χ4n) is 6.14. The maximum Gasteiger partial charge on any atom is 0.194 e. The Morgan fingerprint density at radius 1 is 0.425 bits per heavy atom. The number of ketones is 1. The third kappa shape index (κ3) is 6.44. The van der Waals surface area contributed by atoms with E-state index in [1.807, 2.05) is 12.1 Å². The van der Waals surface area contributed by atoms with Crippen LogP contribution in [0.2, 0.25) is 0 Å². The second kappa shape index (κ2) is 9.92. The largest absolute Gasteiger partial charge is 0.508 e. The molecule has 40 heavy (non-hydrogen) atoms. The smallest absolute Gasteiger partial charge is 0.194 e. The first-order valence-corrected chi connectivity index (χ1v) is 14.8. The van der Waals surface area contributed by atoms with E-state index in [1.54, 1.807) is 0 Å². The summed E-state index contributed by atoms with van der Waals surface area (Å²) in [6.07, 6.45) is 0. The Morgan fingerprint density at radius 3 is 0.825 bits per heavy atom. The zero-order chi connectivity index (χ0) is 31.8. The number of phenols is 2. The molecule has 0 radical (unpaired) electrons. The number of hydrogen-bond donors (Lipinski definition) is 2. The molecule has 0 atom stereocenters. The lowest BCUT2D eigenvalue weighted by molar-refractivity contribution is 0.102. The molecule has 224 valence electrons. The van der Waals surface area contributed by atoms with Gasteiger partial charge in [-0.25, -0.2) is 0 Å². The highest BCUT2D eigenvalue weighted by atomic mass is 16.3. The minimum atomic E-state index is -0.417. The van der Waals surface area contributed by atoms with Gasteiger partial charge in [0, 0.05) is 22.3 Å². The van der Waals surface area contributed by atoms with Crippen LogP contribution in [0.4, 0.5) is 0 Å². The van der Waals surface area contributed by atoms with Gasteiger partial charge in [-0.15, -0.1) is 0 Å². The number of aromatic hydroxyl groups is 2. The van der Waals surface area contributed by atoms with Crippen LogP contribution in [0.15, 0.2) is 12.1 Å². The minimum absolute atomic E-state index is 0.0271. The Morgan fingerprint density at radius 2 is 0.650 bits per heavy atom. The van der Waals surface area contributed by atoms with Crippen LogP contribution >= 0.6 is 0 Å². The molecule has 2 aromatic rings. The Bertz CT molecular complexity index is 1200. The molecule has 2 rings (SSSR count). The lowest BCUT2D eigenvalue weighted by Crippen LogP contribution is -2.33. The molecule has 2 aromatic carbocycles. The standard InChI is InChI=1S/C37H58O3/c1-32(2,3)21-19-23(38)27(34(7,8)9)29(36(13,14)15)25(21)31(40)26-22(33(4,5)6)20-24(39)28(35(10,11)12)30(26)37(16,17)18/h19-20,38-39H,1-18H3. The van der Waals surface area contributed by atoms with Crippen LogP contribution in [0.3, 0.4) is 0 Å². The molecular formula is C37H58O3. The monoisotopic (exact) mass is 550 g/mol. The predicted octanol–water partition coefficient (Wildman–Crippen LogP) is 10.1. The summed E-state index contributed by atoms with van der Waals surface area (Å²) in [5.41, 5.74) is 4.11. The van der Waals surface area contributed by atoms with Crippen LogP contribution < -0.4 is 0 Å². The first kappa shape index (κ1) is 33.9. The lowest BCUT2D eigenvalue weighted by atomic mass is 9.64. The summed E-state index contributed by atoms with van der Waals surface area (Å²) in [5.74, 6) is 0.458. The average Bonchev–Trinajstić information content (AvgIpc) is 2.67. The molecule has 3 heteroatoms. The van der Waals surface area contributed by atoms with Gasteiger partial charge in [-0.3, -0.25) is 4.79 Å². The van der Waals surface area contributed by atoms with E-state index in [1.165, 1.54) is 0 Å². The van der Waals surface area contributed by atoms with Gasteiger partial charge in [0.05, 0.1) is 0 Å². The fourth-order valence-corrected chi connectivity index (χ4v) is 6.14. The van der Waals surface area contributed by atoms with Crippen molar-refractivity contribution in [3.8, 4) is 11.5 Å². The highest BCUT2D eigenvalue weighted by molar-refractivity contribution is 6.14. The number of phenolic OH excluding ortho intramolecular Hbond substituents is 2. The molecule has 2 N–H and O–H groups in total. The first-order valence-electron chi connectivity index (χ1n) is 14.8. The molecule has 0 saturated carbocycles. The first-order chi connectivity index (χ1) is 17.4. The van der Waals surface area contributed by atoms with Crippen molar-refractivity contribution < 1.29 is 15.0 Å². The quantitative estimate of drug-likeness (QED) is 0.366. The van der Waals surface area contributed by atoms with E-state index < -0.39 is 21.7 Å². The summed E-state index contributed by atoms with van der Waals surface area (Å²) in [6.45, 7) is 38.0. The summed E-state index contributed by atoms with van der Waals surface area (Å²) in [7, 11) is 0. The highest BCUT2D eigenvalue weighted by Crippen LogP contribution is 2.50. The molecule has 0 bridgehead atoms. The highest BCUT2D eigenvalue weighted by Gasteiger charge is 2.42. The van der Waals surface area contributed by atoms with Gasteiger partial charge >= 0.3 is 0 Å². The molecule has 0 unspecified atom stereocenters. The molecule has 0 saturated heterocycles. The van der Waals surface area contributed by atoms with E-state index in [0.717, 1.165) is 33.4 Å². The van der Waals surface area contributed by atoms with Gasteiger partial charge in [0.1, 0.15) is 11.5 Å². The molecule has 3 nitrogen and oxygen atoms in total. The number of carbonyl (C=O) groups excluding carboxylic acids is 1. The normalized spacial score (nSPS) is 14.1. The van der Waals surface area contributed by atoms with E-state index in [4.69, 9.17) is 0 Å². The van der Waals surface area contributed by atoms with Crippen molar-refractivity contribution in [2.24, 2.45) is 0 Å². The summed E-state index contributed by atoms with van der Waals surface area (Å²) >= 11 is 0. The minimum Gasteiger partial charge on any atom is -0.508 e. The van der Waals surface area contributed by atoms with Gasteiger partial charge in [-0.05, 0) is 66.9 Å². The number of carbonyl (C=O) groups is 1. The van der Waals surface area contributed by atoms with E-state index >= 15 is 4.79 Å². The third-order valence-corrected chi connectivity index (χ3v) is 7.68. The molecule has 0 fully saturated rings. The predicted molar refractivity (Wildman–Crippen MR) is 172 cm³/mol. The maximum atomic E-state index is 15.5. The van der Waals surface area contributed by atoms with Crippen molar-refractivity contribution >= 4 is 5.78 Å². The molecule has 0 heterocycles. The van der Waals surface area contributed by atoms with Crippen molar-refractivity contribution in [2.75, 3.05) is 0 Å². The number of hydrogen-bond acceptors (Lipinski definition) is 3. The van der Waals surface area contributed by atoms with Crippen molar-refractivity contribution in [1.29, 1.82) is 0 Å². The van der Waals surface area contributed by atoms with E-state index in [2.05, 4.69) is 125 Å². The van der Waals surface area contributed by atoms with Gasteiger partial charge in [-0.2, -0.15) is 0 Å². The molecule has 0 aliphatic rings. The Balaban J connectivity index is 3.47. The van der Waals surface area contributed by atoms with Crippen molar-refractivity contribution in [3.05, 3.63) is 56.6 Å². The fraction of sp³-hybridized carbons (Fsp3) is 0.649. The Labute approximate surface area is 245 Å². The van der Waals surface area contributed by atoms with Crippen LogP contribution in [0.1, 0.15) is 174 Å². The van der Waals surface area contributed by atoms with Crippen LogP contribution in [0, 0.1) is 0 Å². The van der Waals surface area contributed by atoms with E-state index in [-0.39, 0.29) is 28.1 Å². The molecular weight excluding hydrogens is 492 g/mol. The van der Waals surface area contributed by atoms with Crippen LogP contribution in [0.25, 0.3) is 0 Å². The van der Waals surface area contributed by atoms with Gasteiger partial charge in [0.25, 0.3) is 0 Å². The van der Waals surface area contributed by atoms with E-state index in [0.29, 0.717) is 11.1 Å². The van der Waals surface area contributed by atoms with Gasteiger partial charge in [-0.1, -0.05) is 125 Å². The zero-order valence-corrected chi connectivity index (χ0v) is 29.0. The van der Waals surface area contributed by atoms with Gasteiger partial charge in [0.15, 0.2) is 5.78 Å². The maximum absolute atomic E-state index is 15.5. The lowest BCUT2D eigenvalue weighted by Gasteiger charge is -2.39. The van der Waals surface area contributed by atoms with Crippen molar-refractivity contribution in [3.63, 3.8) is 0 Å². The van der Waals surface area contributed by atoms with Crippen LogP contribution in [-0.4, -0.2) is 16.0 Å². The van der Waals surface area contributed by atoms with Gasteiger partial charge in [0.2, 0.25) is 0 Å². The molecule has 0 aromatic heterocycles. The number of rotatable bonds is 2. The van der Waals surface area contributed by atoms with Crippen molar-refractivity contribution in [2.45, 2.75) is 157 Å². The number of benzene rings is 2. The summed E-state index contributed by atoms with van der Waals surface area (Å²) in [4.78, 5) is 15.5. The van der Waals surface area contributed by atoms with Gasteiger partial charge < -0.3 is 10.2 Å². The third-order valence-electron chi connectivity index (χ3n) is 7.68. The summed E-state index contributed by atoms with van der Waals surface area (Å²) in [5, 5.41) is 23.0. The average molecular weight is 551 g/mol. The Kier molecular flexibility index (Phi) is 8.41. The molecule has 0 aliphatic carbocycles. The summed E-state index contributed by atoms with van der Waals surface area (Å²) in [6, 6.07) is 3.67. The summed E-state index contributed by atoms with van der Waals surface area (Å²) < 4.78 is 0. The van der Waals surface area contributed by atoms with Crippen LogP contribution in [0.5, 0.6) is 11.5 Å². The topological polar surface area (TPSA) is 57.5 Å². The zero-order valence-electron chi connectivity index (χ0n) is 29.0. The second-order valence-corrected chi connectivity index (χ2v) is 18.0. The molecule has 0 aliphatic heterocycles. The van der Waals surface area contributed by atoms with Crippen molar-refractivity contribution in [1.82, 2.24) is 0 Å². The second-order valence-electron chi connectivity index (χ2n) is 18.0. The molecule has 0 spiro atoms. The van der Waals surface area contributed by atoms with Crippen LogP contribution in [-0.2, 0) is 32.5 Å². The van der Waals surface area contributed by atoms with E-state index in [9.17, 15) is 10.2 Å². The molecule has 0 amide bonds.